The lowest BCUT2D eigenvalue weighted by Gasteiger charge is -2.07. The Kier molecular flexibility index (Phi) is 2.92. The minimum absolute atomic E-state index is 0.173. The van der Waals surface area contributed by atoms with Crippen LogP contribution in [0.3, 0.4) is 0 Å². The van der Waals surface area contributed by atoms with E-state index in [1.165, 1.54) is 0 Å². The summed E-state index contributed by atoms with van der Waals surface area (Å²) in [6.07, 6.45) is 2.07. The number of methoxy groups -OCH3 is 1. The molecule has 0 bridgehead atoms. The number of hydrogen-bond acceptors (Lipinski definition) is 4. The Hall–Kier alpha value is -0.910. The van der Waals surface area contributed by atoms with Crippen LogP contribution < -0.4 is 10.5 Å². The normalized spacial score (nSPS) is 16.6. The predicted molar refractivity (Wildman–Crippen MR) is 76.9 cm³/mol. The SMILES string of the molecule is COc1ccc(Br)cc1-c1nc(C2(N)CC2)cs1. The van der Waals surface area contributed by atoms with Crippen LogP contribution in [0, 0.1) is 0 Å². The minimum atomic E-state index is -0.173. The highest BCUT2D eigenvalue weighted by Crippen LogP contribution is 2.44. The minimum Gasteiger partial charge on any atom is -0.496 e. The highest BCUT2D eigenvalue weighted by molar-refractivity contribution is 9.10. The zero-order chi connectivity index (χ0) is 12.8. The van der Waals surface area contributed by atoms with Crippen LogP contribution in [-0.4, -0.2) is 12.1 Å². The Morgan fingerprint density at radius 2 is 2.22 bits per heavy atom. The summed E-state index contributed by atoms with van der Waals surface area (Å²) < 4.78 is 6.40. The molecule has 0 saturated heterocycles. The molecule has 0 aliphatic heterocycles. The Balaban J connectivity index is 2.04. The standard InChI is InChI=1S/C13H13BrN2OS/c1-17-10-3-2-8(14)6-9(10)12-16-11(7-18-12)13(15)4-5-13/h2-3,6-7H,4-5,15H2,1H3. The molecule has 0 atom stereocenters. The number of nitrogens with two attached hydrogens (primary N) is 1. The van der Waals surface area contributed by atoms with Gasteiger partial charge in [0.05, 0.1) is 23.9 Å². The number of benzene rings is 1. The molecule has 0 radical (unpaired) electrons. The fourth-order valence-corrected chi connectivity index (χ4v) is 3.17. The summed E-state index contributed by atoms with van der Waals surface area (Å²) in [6, 6.07) is 5.93. The first-order valence-corrected chi connectivity index (χ1v) is 7.38. The molecule has 3 nitrogen and oxygen atoms in total. The first kappa shape index (κ1) is 12.1. The van der Waals surface area contributed by atoms with Crippen LogP contribution in [-0.2, 0) is 5.54 Å². The second-order valence-corrected chi connectivity index (χ2v) is 6.31. The molecule has 2 N–H and O–H groups in total. The van der Waals surface area contributed by atoms with Crippen molar-refractivity contribution in [2.75, 3.05) is 7.11 Å². The first-order chi connectivity index (χ1) is 8.62. The zero-order valence-electron chi connectivity index (χ0n) is 9.94. The van der Waals surface area contributed by atoms with Gasteiger partial charge in [0.2, 0.25) is 0 Å². The van der Waals surface area contributed by atoms with E-state index in [2.05, 4.69) is 26.3 Å². The third-order valence-electron chi connectivity index (χ3n) is 3.19. The van der Waals surface area contributed by atoms with Crippen molar-refractivity contribution in [1.29, 1.82) is 0 Å². The molecule has 2 aromatic rings. The average molecular weight is 325 g/mol. The van der Waals surface area contributed by atoms with Crippen LogP contribution in [0.4, 0.5) is 0 Å². The van der Waals surface area contributed by atoms with E-state index in [1.54, 1.807) is 18.4 Å². The van der Waals surface area contributed by atoms with E-state index in [-0.39, 0.29) is 5.54 Å². The zero-order valence-corrected chi connectivity index (χ0v) is 12.3. The van der Waals surface area contributed by atoms with E-state index in [0.717, 1.165) is 39.3 Å². The molecular weight excluding hydrogens is 312 g/mol. The molecule has 1 aliphatic rings. The van der Waals surface area contributed by atoms with Gasteiger partial charge in [-0.3, -0.25) is 0 Å². The molecular formula is C13H13BrN2OS. The Morgan fingerprint density at radius 1 is 1.44 bits per heavy atom. The molecule has 0 amide bonds. The van der Waals surface area contributed by atoms with Crippen LogP contribution in [0.1, 0.15) is 18.5 Å². The Bertz CT molecular complexity index is 592. The number of ether oxygens (including phenoxy) is 1. The van der Waals surface area contributed by atoms with Crippen molar-refractivity contribution < 1.29 is 4.74 Å². The third-order valence-corrected chi connectivity index (χ3v) is 4.56. The topological polar surface area (TPSA) is 48.1 Å². The third kappa shape index (κ3) is 2.06. The van der Waals surface area contributed by atoms with Crippen molar-refractivity contribution in [3.63, 3.8) is 0 Å². The highest BCUT2D eigenvalue weighted by Gasteiger charge is 2.42. The molecule has 1 saturated carbocycles. The predicted octanol–water partition coefficient (Wildman–Crippen LogP) is 3.53. The number of hydrogen-bond donors (Lipinski definition) is 1. The fourth-order valence-electron chi connectivity index (χ4n) is 1.86. The van der Waals surface area contributed by atoms with Crippen molar-refractivity contribution in [3.05, 3.63) is 33.7 Å². The maximum Gasteiger partial charge on any atom is 0.129 e. The lowest BCUT2D eigenvalue weighted by molar-refractivity contribution is 0.416. The molecule has 0 spiro atoms. The van der Waals surface area contributed by atoms with Crippen LogP contribution in [0.25, 0.3) is 10.6 Å². The van der Waals surface area contributed by atoms with Crippen molar-refractivity contribution >= 4 is 27.3 Å². The van der Waals surface area contributed by atoms with Gasteiger partial charge in [-0.2, -0.15) is 0 Å². The van der Waals surface area contributed by atoms with E-state index in [9.17, 15) is 0 Å². The molecule has 1 fully saturated rings. The van der Waals surface area contributed by atoms with Crippen molar-refractivity contribution in [2.24, 2.45) is 5.73 Å². The van der Waals surface area contributed by atoms with Crippen LogP contribution in [0.5, 0.6) is 5.75 Å². The summed E-state index contributed by atoms with van der Waals surface area (Å²) >= 11 is 5.09. The molecule has 1 aliphatic carbocycles. The maximum absolute atomic E-state index is 6.16. The summed E-state index contributed by atoms with van der Waals surface area (Å²) in [5.41, 5.74) is 8.00. The molecule has 1 heterocycles. The van der Waals surface area contributed by atoms with Gasteiger partial charge in [0.25, 0.3) is 0 Å². The van der Waals surface area contributed by atoms with Crippen molar-refractivity contribution in [3.8, 4) is 16.3 Å². The fraction of sp³-hybridized carbons (Fsp3) is 0.308. The number of nitrogens with zero attached hydrogens (tertiary/aromatic N) is 1. The summed E-state index contributed by atoms with van der Waals surface area (Å²) in [5, 5.41) is 3.02. The van der Waals surface area contributed by atoms with E-state index in [4.69, 9.17) is 10.5 Å². The number of halogens is 1. The molecule has 0 unspecified atom stereocenters. The maximum atomic E-state index is 6.16. The highest BCUT2D eigenvalue weighted by atomic mass is 79.9. The van der Waals surface area contributed by atoms with E-state index < -0.39 is 0 Å². The molecule has 5 heteroatoms. The summed E-state index contributed by atoms with van der Waals surface area (Å²) in [6.45, 7) is 0. The van der Waals surface area contributed by atoms with Gasteiger partial charge in [0, 0.05) is 9.85 Å². The molecule has 3 rings (SSSR count). The summed E-state index contributed by atoms with van der Waals surface area (Å²) in [4.78, 5) is 4.66. The molecule has 1 aromatic carbocycles. The van der Waals surface area contributed by atoms with Gasteiger partial charge < -0.3 is 10.5 Å². The average Bonchev–Trinajstić information content (AvgIpc) is 2.94. The van der Waals surface area contributed by atoms with Crippen LogP contribution in [0.2, 0.25) is 0 Å². The van der Waals surface area contributed by atoms with Gasteiger partial charge >= 0.3 is 0 Å². The lowest BCUT2D eigenvalue weighted by atomic mass is 10.2. The van der Waals surface area contributed by atoms with Crippen molar-refractivity contribution in [1.82, 2.24) is 4.98 Å². The first-order valence-electron chi connectivity index (χ1n) is 5.71. The van der Waals surface area contributed by atoms with E-state index >= 15 is 0 Å². The van der Waals surface area contributed by atoms with E-state index in [0.29, 0.717) is 0 Å². The van der Waals surface area contributed by atoms with Crippen LogP contribution in [0.15, 0.2) is 28.1 Å². The van der Waals surface area contributed by atoms with Gasteiger partial charge in [-0.15, -0.1) is 11.3 Å². The van der Waals surface area contributed by atoms with Gasteiger partial charge in [0.15, 0.2) is 0 Å². The van der Waals surface area contributed by atoms with Crippen molar-refractivity contribution in [2.45, 2.75) is 18.4 Å². The lowest BCUT2D eigenvalue weighted by Crippen LogP contribution is -2.18. The second-order valence-electron chi connectivity index (χ2n) is 4.54. The second kappa shape index (κ2) is 4.33. The summed E-state index contributed by atoms with van der Waals surface area (Å²) in [7, 11) is 1.67. The number of rotatable bonds is 3. The number of thiazole rings is 1. The molecule has 1 aromatic heterocycles. The van der Waals surface area contributed by atoms with Crippen LogP contribution >= 0.6 is 27.3 Å². The smallest absolute Gasteiger partial charge is 0.129 e. The largest absolute Gasteiger partial charge is 0.496 e. The molecule has 94 valence electrons. The van der Waals surface area contributed by atoms with Gasteiger partial charge in [-0.1, -0.05) is 15.9 Å². The van der Waals surface area contributed by atoms with E-state index in [1.807, 2.05) is 18.2 Å². The Labute approximate surface area is 118 Å². The van der Waals surface area contributed by atoms with Gasteiger partial charge in [-0.25, -0.2) is 4.98 Å². The quantitative estimate of drug-likeness (QED) is 0.939. The Morgan fingerprint density at radius 3 is 2.89 bits per heavy atom. The van der Waals surface area contributed by atoms with Gasteiger partial charge in [-0.05, 0) is 31.0 Å². The van der Waals surface area contributed by atoms with Gasteiger partial charge in [0.1, 0.15) is 10.8 Å². The summed E-state index contributed by atoms with van der Waals surface area (Å²) in [5.74, 6) is 0.834. The monoisotopic (exact) mass is 324 g/mol. The number of aromatic nitrogens is 1. The molecule has 18 heavy (non-hydrogen) atoms.